The third kappa shape index (κ3) is 4.31. The van der Waals surface area contributed by atoms with E-state index in [2.05, 4.69) is 5.32 Å². The quantitative estimate of drug-likeness (QED) is 0.634. The number of aliphatic hydroxyl groups excluding tert-OH is 1. The lowest BCUT2D eigenvalue weighted by molar-refractivity contribution is 0.282. The van der Waals surface area contributed by atoms with Gasteiger partial charge in [-0.25, -0.2) is 13.2 Å². The maximum absolute atomic E-state index is 13.0. The van der Waals surface area contributed by atoms with Crippen molar-refractivity contribution in [3.8, 4) is 0 Å². The van der Waals surface area contributed by atoms with Gasteiger partial charge in [0.25, 0.3) is 0 Å². The first-order valence-electron chi connectivity index (χ1n) is 6.63. The van der Waals surface area contributed by atoms with Gasteiger partial charge in [0.2, 0.25) is 0 Å². The Morgan fingerprint density at radius 2 is 1.43 bits per heavy atom. The molecule has 0 aliphatic heterocycles. The molecular weight excluding hydrogens is 279 g/mol. The molecule has 2 N–H and O–H groups in total. The van der Waals surface area contributed by atoms with Crippen LogP contribution in [0.1, 0.15) is 16.7 Å². The van der Waals surface area contributed by atoms with Crippen LogP contribution in [-0.4, -0.2) is 11.7 Å². The summed E-state index contributed by atoms with van der Waals surface area (Å²) in [5, 5.41) is 12.0. The molecule has 2 aromatic rings. The van der Waals surface area contributed by atoms with Crippen LogP contribution in [0.4, 0.5) is 13.2 Å². The van der Waals surface area contributed by atoms with Crippen molar-refractivity contribution >= 4 is 0 Å². The standard InChI is InChI=1S/C16H16F3NO/c17-14-7-13(8-15(18)16(14)19)9-20-6-5-11-1-3-12(10-21)4-2-11/h1-4,7-8,20-21H,5-6,9-10H2. The second kappa shape index (κ2) is 7.24. The molecule has 2 rings (SSSR count). The number of hydrogen-bond donors (Lipinski definition) is 2. The van der Waals surface area contributed by atoms with Gasteiger partial charge in [-0.1, -0.05) is 24.3 Å². The molecule has 0 spiro atoms. The first-order chi connectivity index (χ1) is 10.1. The molecule has 0 aliphatic carbocycles. The predicted octanol–water partition coefficient (Wildman–Crippen LogP) is 2.93. The predicted molar refractivity (Wildman–Crippen MR) is 74.1 cm³/mol. The van der Waals surface area contributed by atoms with Crippen molar-refractivity contribution in [2.45, 2.75) is 19.6 Å². The van der Waals surface area contributed by atoms with E-state index in [4.69, 9.17) is 5.11 Å². The van der Waals surface area contributed by atoms with Gasteiger partial charge < -0.3 is 10.4 Å². The normalized spacial score (nSPS) is 10.9. The van der Waals surface area contributed by atoms with Crippen molar-refractivity contribution in [3.63, 3.8) is 0 Å². The molecule has 0 unspecified atom stereocenters. The molecule has 2 aromatic carbocycles. The van der Waals surface area contributed by atoms with Crippen LogP contribution >= 0.6 is 0 Å². The smallest absolute Gasteiger partial charge is 0.194 e. The molecule has 0 radical (unpaired) electrons. The molecule has 5 heteroatoms. The van der Waals surface area contributed by atoms with E-state index >= 15 is 0 Å². The maximum atomic E-state index is 13.0. The van der Waals surface area contributed by atoms with Crippen LogP contribution in [0.2, 0.25) is 0 Å². The fourth-order valence-corrected chi connectivity index (χ4v) is 1.99. The number of halogens is 3. The molecule has 0 aliphatic rings. The Bertz CT molecular complexity index is 576. The van der Waals surface area contributed by atoms with Gasteiger partial charge in [0.15, 0.2) is 17.5 Å². The lowest BCUT2D eigenvalue weighted by atomic mass is 10.1. The van der Waals surface area contributed by atoms with Crippen LogP contribution in [0.15, 0.2) is 36.4 Å². The molecule has 0 amide bonds. The van der Waals surface area contributed by atoms with Crippen molar-refractivity contribution < 1.29 is 18.3 Å². The third-order valence-corrected chi connectivity index (χ3v) is 3.17. The molecule has 0 saturated heterocycles. The lowest BCUT2D eigenvalue weighted by Gasteiger charge is -2.07. The van der Waals surface area contributed by atoms with E-state index in [1.54, 1.807) is 0 Å². The molecule has 21 heavy (non-hydrogen) atoms. The highest BCUT2D eigenvalue weighted by Gasteiger charge is 2.09. The molecule has 0 bridgehead atoms. The molecule has 0 atom stereocenters. The highest BCUT2D eigenvalue weighted by atomic mass is 19.2. The highest BCUT2D eigenvalue weighted by Crippen LogP contribution is 2.13. The molecule has 0 heterocycles. The highest BCUT2D eigenvalue weighted by molar-refractivity contribution is 5.22. The SMILES string of the molecule is OCc1ccc(CCNCc2cc(F)c(F)c(F)c2)cc1. The molecule has 0 saturated carbocycles. The van der Waals surface area contributed by atoms with Crippen LogP contribution in [-0.2, 0) is 19.6 Å². The lowest BCUT2D eigenvalue weighted by Crippen LogP contribution is -2.17. The minimum atomic E-state index is -1.44. The minimum absolute atomic E-state index is 0.0141. The summed E-state index contributed by atoms with van der Waals surface area (Å²) >= 11 is 0. The summed E-state index contributed by atoms with van der Waals surface area (Å²) in [4.78, 5) is 0. The van der Waals surface area contributed by atoms with Crippen molar-refractivity contribution in [1.29, 1.82) is 0 Å². The van der Waals surface area contributed by atoms with Crippen molar-refractivity contribution in [1.82, 2.24) is 5.32 Å². The van der Waals surface area contributed by atoms with Crippen molar-refractivity contribution in [3.05, 3.63) is 70.5 Å². The van der Waals surface area contributed by atoms with Crippen LogP contribution in [0.3, 0.4) is 0 Å². The van der Waals surface area contributed by atoms with E-state index in [0.29, 0.717) is 12.1 Å². The van der Waals surface area contributed by atoms with E-state index < -0.39 is 17.5 Å². The van der Waals surface area contributed by atoms with E-state index in [1.165, 1.54) is 0 Å². The van der Waals surface area contributed by atoms with Gasteiger partial charge in [-0.2, -0.15) is 0 Å². The van der Waals surface area contributed by atoms with Gasteiger partial charge in [-0.15, -0.1) is 0 Å². The third-order valence-electron chi connectivity index (χ3n) is 3.17. The van der Waals surface area contributed by atoms with E-state index in [0.717, 1.165) is 29.7 Å². The number of nitrogens with one attached hydrogen (secondary N) is 1. The van der Waals surface area contributed by atoms with Crippen LogP contribution in [0, 0.1) is 17.5 Å². The average molecular weight is 295 g/mol. The Hall–Kier alpha value is -1.85. The van der Waals surface area contributed by atoms with Gasteiger partial charge in [-0.05, 0) is 41.8 Å². The van der Waals surface area contributed by atoms with Crippen LogP contribution < -0.4 is 5.32 Å². The van der Waals surface area contributed by atoms with Gasteiger partial charge in [-0.3, -0.25) is 0 Å². The largest absolute Gasteiger partial charge is 0.392 e. The topological polar surface area (TPSA) is 32.3 Å². The zero-order chi connectivity index (χ0) is 15.2. The molecule has 112 valence electrons. The fraction of sp³-hybridized carbons (Fsp3) is 0.250. The van der Waals surface area contributed by atoms with E-state index in [1.807, 2.05) is 24.3 Å². The summed E-state index contributed by atoms with van der Waals surface area (Å²) in [6.45, 7) is 0.905. The Morgan fingerprint density at radius 1 is 0.857 bits per heavy atom. The molecule has 2 nitrogen and oxygen atoms in total. The van der Waals surface area contributed by atoms with Crippen LogP contribution in [0.5, 0.6) is 0 Å². The number of aliphatic hydroxyl groups is 1. The maximum Gasteiger partial charge on any atom is 0.194 e. The van der Waals surface area contributed by atoms with Crippen LogP contribution in [0.25, 0.3) is 0 Å². The summed E-state index contributed by atoms with van der Waals surface area (Å²) in [6.07, 6.45) is 0.748. The summed E-state index contributed by atoms with van der Waals surface area (Å²) in [5.74, 6) is -3.79. The summed E-state index contributed by atoms with van der Waals surface area (Å²) in [7, 11) is 0. The second-order valence-electron chi connectivity index (χ2n) is 4.77. The van der Waals surface area contributed by atoms with E-state index in [9.17, 15) is 13.2 Å². The first kappa shape index (κ1) is 15.5. The fourth-order valence-electron chi connectivity index (χ4n) is 1.99. The van der Waals surface area contributed by atoms with Gasteiger partial charge >= 0.3 is 0 Å². The Labute approximate surface area is 121 Å². The van der Waals surface area contributed by atoms with Crippen molar-refractivity contribution in [2.24, 2.45) is 0 Å². The number of benzene rings is 2. The zero-order valence-electron chi connectivity index (χ0n) is 11.4. The molecule has 0 aromatic heterocycles. The Kier molecular flexibility index (Phi) is 5.36. The second-order valence-corrected chi connectivity index (χ2v) is 4.77. The first-order valence-corrected chi connectivity index (χ1v) is 6.63. The molecular formula is C16H16F3NO. The Balaban J connectivity index is 1.81. The minimum Gasteiger partial charge on any atom is -0.392 e. The number of hydrogen-bond acceptors (Lipinski definition) is 2. The summed E-state index contributed by atoms with van der Waals surface area (Å²) in [6, 6.07) is 9.51. The van der Waals surface area contributed by atoms with E-state index in [-0.39, 0.29) is 13.2 Å². The average Bonchev–Trinajstić information content (AvgIpc) is 2.49. The van der Waals surface area contributed by atoms with Gasteiger partial charge in [0.05, 0.1) is 6.61 Å². The monoisotopic (exact) mass is 295 g/mol. The number of rotatable bonds is 6. The van der Waals surface area contributed by atoms with Gasteiger partial charge in [0, 0.05) is 6.54 Å². The van der Waals surface area contributed by atoms with Gasteiger partial charge in [0.1, 0.15) is 0 Å². The Morgan fingerprint density at radius 3 is 2.00 bits per heavy atom. The summed E-state index contributed by atoms with van der Waals surface area (Å²) in [5.41, 5.74) is 2.31. The van der Waals surface area contributed by atoms with Crippen molar-refractivity contribution in [2.75, 3.05) is 6.54 Å². The summed E-state index contributed by atoms with van der Waals surface area (Å²) < 4.78 is 38.8. The zero-order valence-corrected chi connectivity index (χ0v) is 11.4. The molecule has 0 fully saturated rings.